The molecular formula is C5H11LiO2S. The Balaban J connectivity index is 0. The van der Waals surface area contributed by atoms with Gasteiger partial charge in [-0.25, -0.2) is 6.26 Å². The first-order chi connectivity index (χ1) is 3.56. The van der Waals surface area contributed by atoms with Gasteiger partial charge in [-0.15, -0.1) is 0 Å². The standard InChI is InChI=1S/C5H11O2S.Li/c1-3-4-5-8(2,6)7;/h2-5H2,1H3;/q-1;+1. The van der Waals surface area contributed by atoms with Gasteiger partial charge in [0, 0.05) is 15.6 Å². The normalized spacial score (nSPS) is 10.4. The van der Waals surface area contributed by atoms with E-state index in [0.29, 0.717) is 0 Å². The second kappa shape index (κ2) is 5.34. The summed E-state index contributed by atoms with van der Waals surface area (Å²) in [5, 5.41) is 0. The molecule has 50 valence electrons. The number of hydrogen-bond donors (Lipinski definition) is 0. The summed E-state index contributed by atoms with van der Waals surface area (Å²) < 4.78 is 20.6. The van der Waals surface area contributed by atoms with E-state index in [-0.39, 0.29) is 24.6 Å². The van der Waals surface area contributed by atoms with Crippen molar-refractivity contribution in [1.29, 1.82) is 0 Å². The third kappa shape index (κ3) is 11.9. The number of hydrogen-bond acceptors (Lipinski definition) is 2. The second-order valence-corrected chi connectivity index (χ2v) is 3.70. The third-order valence-corrected chi connectivity index (χ3v) is 1.72. The van der Waals surface area contributed by atoms with Gasteiger partial charge in [-0.3, -0.25) is 8.42 Å². The van der Waals surface area contributed by atoms with Gasteiger partial charge in [0.05, 0.1) is 0 Å². The van der Waals surface area contributed by atoms with Gasteiger partial charge in [0.25, 0.3) is 0 Å². The average molecular weight is 142 g/mol. The molecule has 0 spiro atoms. The summed E-state index contributed by atoms with van der Waals surface area (Å²) in [6.45, 7) is 1.95. The fraction of sp³-hybridized carbons (Fsp3) is 0.800. The van der Waals surface area contributed by atoms with Gasteiger partial charge in [-0.05, 0) is 6.42 Å². The molecular weight excluding hydrogens is 131 g/mol. The predicted molar refractivity (Wildman–Crippen MR) is 34.1 cm³/mol. The second-order valence-electron chi connectivity index (χ2n) is 1.80. The van der Waals surface area contributed by atoms with Crippen molar-refractivity contribution in [2.75, 3.05) is 5.75 Å². The first-order valence-electron chi connectivity index (χ1n) is 2.62. The van der Waals surface area contributed by atoms with Crippen molar-refractivity contribution in [1.82, 2.24) is 0 Å². The Kier molecular flexibility index (Phi) is 7.27. The predicted octanol–water partition coefficient (Wildman–Crippen LogP) is -2.00. The summed E-state index contributed by atoms with van der Waals surface area (Å²) in [4.78, 5) is 0. The fourth-order valence-electron chi connectivity index (χ4n) is 0.364. The van der Waals surface area contributed by atoms with Gasteiger partial charge < -0.3 is 0 Å². The van der Waals surface area contributed by atoms with Gasteiger partial charge >= 0.3 is 18.9 Å². The Hall–Kier alpha value is 0.547. The van der Waals surface area contributed by atoms with E-state index in [9.17, 15) is 8.42 Å². The smallest absolute Gasteiger partial charge is 0.263 e. The zero-order valence-electron chi connectivity index (χ0n) is 6.05. The van der Waals surface area contributed by atoms with Crippen molar-refractivity contribution < 1.29 is 27.3 Å². The minimum Gasteiger partial charge on any atom is -0.263 e. The number of unbranched alkanes of at least 4 members (excludes halogenated alkanes) is 1. The molecule has 0 fully saturated rings. The zero-order valence-corrected chi connectivity index (χ0v) is 6.87. The maximum absolute atomic E-state index is 10.3. The van der Waals surface area contributed by atoms with E-state index in [0.717, 1.165) is 12.8 Å². The Morgan fingerprint density at radius 2 is 1.89 bits per heavy atom. The van der Waals surface area contributed by atoms with E-state index in [2.05, 4.69) is 6.26 Å². The quantitative estimate of drug-likeness (QED) is 0.337. The van der Waals surface area contributed by atoms with Crippen LogP contribution in [0.3, 0.4) is 0 Å². The number of rotatable bonds is 3. The molecule has 9 heavy (non-hydrogen) atoms. The van der Waals surface area contributed by atoms with E-state index in [1.165, 1.54) is 0 Å². The molecule has 0 saturated heterocycles. The summed E-state index contributed by atoms with van der Waals surface area (Å²) in [6, 6.07) is 0. The SMILES string of the molecule is [CH2-]S(=O)(=O)CCCC.[Li+]. The Labute approximate surface area is 69.1 Å². The van der Waals surface area contributed by atoms with Crippen molar-refractivity contribution in [3.05, 3.63) is 6.26 Å². The van der Waals surface area contributed by atoms with Crippen LogP contribution in [0.2, 0.25) is 0 Å². The van der Waals surface area contributed by atoms with Gasteiger partial charge in [0.15, 0.2) is 0 Å². The maximum Gasteiger partial charge on any atom is 1.00 e. The molecule has 0 radical (unpaired) electrons. The number of sulfone groups is 1. The van der Waals surface area contributed by atoms with E-state index in [1.807, 2.05) is 6.92 Å². The largest absolute Gasteiger partial charge is 1.00 e. The molecule has 0 aromatic carbocycles. The van der Waals surface area contributed by atoms with Crippen molar-refractivity contribution >= 4 is 9.84 Å². The van der Waals surface area contributed by atoms with Crippen molar-refractivity contribution in [2.24, 2.45) is 0 Å². The van der Waals surface area contributed by atoms with Gasteiger partial charge in [0.1, 0.15) is 0 Å². The molecule has 0 rings (SSSR count). The summed E-state index contributed by atoms with van der Waals surface area (Å²) in [6.07, 6.45) is 4.62. The van der Waals surface area contributed by atoms with Gasteiger partial charge in [-0.1, -0.05) is 13.3 Å². The summed E-state index contributed by atoms with van der Waals surface area (Å²) in [5.41, 5.74) is 0. The maximum atomic E-state index is 10.3. The molecule has 0 aromatic heterocycles. The molecule has 0 aliphatic carbocycles. The monoisotopic (exact) mass is 142 g/mol. The van der Waals surface area contributed by atoms with E-state index in [1.54, 1.807) is 0 Å². The molecule has 0 aliphatic rings. The van der Waals surface area contributed by atoms with Crippen LogP contribution in [-0.2, 0) is 9.84 Å². The van der Waals surface area contributed by atoms with Crippen LogP contribution in [0.25, 0.3) is 0 Å². The summed E-state index contributed by atoms with van der Waals surface area (Å²) >= 11 is 0. The average Bonchev–Trinajstić information content (AvgIpc) is 1.59. The molecule has 0 bridgehead atoms. The molecule has 4 heteroatoms. The first kappa shape index (κ1) is 12.2. The third-order valence-electron chi connectivity index (χ3n) is 0.809. The molecule has 0 atom stereocenters. The molecule has 0 aliphatic heterocycles. The van der Waals surface area contributed by atoms with Crippen molar-refractivity contribution in [2.45, 2.75) is 19.8 Å². The zero-order chi connectivity index (χ0) is 6.62. The Bertz CT molecular complexity index is 139. The molecule has 0 unspecified atom stereocenters. The minimum absolute atomic E-state index is 0. The minimum atomic E-state index is -2.94. The van der Waals surface area contributed by atoms with E-state index < -0.39 is 9.84 Å². The van der Waals surface area contributed by atoms with Crippen LogP contribution in [0.15, 0.2) is 0 Å². The molecule has 0 aromatic rings. The van der Waals surface area contributed by atoms with Gasteiger partial charge in [0.2, 0.25) is 0 Å². The molecule has 0 amide bonds. The van der Waals surface area contributed by atoms with Crippen LogP contribution < -0.4 is 18.9 Å². The Morgan fingerprint density at radius 3 is 2.00 bits per heavy atom. The van der Waals surface area contributed by atoms with Crippen LogP contribution in [0.5, 0.6) is 0 Å². The van der Waals surface area contributed by atoms with Crippen LogP contribution in [-0.4, -0.2) is 14.2 Å². The van der Waals surface area contributed by atoms with Crippen LogP contribution in [0.4, 0.5) is 0 Å². The molecule has 2 nitrogen and oxygen atoms in total. The van der Waals surface area contributed by atoms with Crippen molar-refractivity contribution in [3.8, 4) is 0 Å². The van der Waals surface area contributed by atoms with Crippen molar-refractivity contribution in [3.63, 3.8) is 0 Å². The van der Waals surface area contributed by atoms with Crippen LogP contribution in [0, 0.1) is 6.26 Å². The summed E-state index contributed by atoms with van der Waals surface area (Å²) in [7, 11) is -2.94. The molecule has 0 heterocycles. The van der Waals surface area contributed by atoms with Crippen LogP contribution >= 0.6 is 0 Å². The van der Waals surface area contributed by atoms with Gasteiger partial charge in [-0.2, -0.15) is 0 Å². The molecule has 0 saturated carbocycles. The summed E-state index contributed by atoms with van der Waals surface area (Å²) in [5.74, 6) is 0.226. The first-order valence-corrected chi connectivity index (χ1v) is 4.44. The van der Waals surface area contributed by atoms with E-state index >= 15 is 0 Å². The van der Waals surface area contributed by atoms with Crippen LogP contribution in [0.1, 0.15) is 19.8 Å². The molecule has 0 N–H and O–H groups in total. The Morgan fingerprint density at radius 1 is 1.44 bits per heavy atom. The van der Waals surface area contributed by atoms with E-state index in [4.69, 9.17) is 0 Å². The fourth-order valence-corrected chi connectivity index (χ4v) is 1.09. The topological polar surface area (TPSA) is 34.1 Å².